The molecule has 0 spiro atoms. The first-order valence-corrected chi connectivity index (χ1v) is 11.8. The Hall–Kier alpha value is -1.63. The lowest BCUT2D eigenvalue weighted by Crippen LogP contribution is -2.46. The summed E-state index contributed by atoms with van der Waals surface area (Å²) in [4.78, 5) is 12.1. The number of carbonyl (C=O) groups is 1. The van der Waals surface area contributed by atoms with Gasteiger partial charge >= 0.3 is 0 Å². The molecule has 164 valence electrons. The van der Waals surface area contributed by atoms with Gasteiger partial charge in [-0.3, -0.25) is 4.79 Å². The number of rotatable bonds is 7. The van der Waals surface area contributed by atoms with Crippen LogP contribution in [0.4, 0.5) is 0 Å². The molecule has 4 fully saturated rings. The van der Waals surface area contributed by atoms with Gasteiger partial charge < -0.3 is 24.8 Å². The fourth-order valence-electron chi connectivity index (χ4n) is 4.97. The molecular formula is C24H34N2O4. The topological polar surface area (TPSA) is 68.8 Å². The summed E-state index contributed by atoms with van der Waals surface area (Å²) in [6, 6.07) is 8.55. The van der Waals surface area contributed by atoms with Gasteiger partial charge in [0.1, 0.15) is 18.0 Å². The van der Waals surface area contributed by atoms with E-state index in [9.17, 15) is 4.79 Å². The monoisotopic (exact) mass is 414 g/mol. The smallest absolute Gasteiger partial charge is 0.223 e. The fraction of sp³-hybridized carbons (Fsp3) is 0.708. The predicted octanol–water partition coefficient (Wildman–Crippen LogP) is 2.94. The number of carbonyl (C=O) groups excluding carboxylic acids is 1. The number of ether oxygens (including phenoxy) is 3. The van der Waals surface area contributed by atoms with Crippen molar-refractivity contribution in [1.29, 1.82) is 0 Å². The van der Waals surface area contributed by atoms with Crippen LogP contribution in [0.25, 0.3) is 0 Å². The van der Waals surface area contributed by atoms with Crippen molar-refractivity contribution in [3.05, 3.63) is 29.8 Å². The van der Waals surface area contributed by atoms with Crippen molar-refractivity contribution in [3.63, 3.8) is 0 Å². The highest BCUT2D eigenvalue weighted by molar-refractivity contribution is 5.81. The van der Waals surface area contributed by atoms with E-state index in [1.807, 2.05) is 0 Å². The second-order valence-corrected chi connectivity index (χ2v) is 9.35. The molecule has 2 saturated carbocycles. The van der Waals surface area contributed by atoms with Crippen molar-refractivity contribution in [3.8, 4) is 5.75 Å². The highest BCUT2D eigenvalue weighted by Crippen LogP contribution is 2.31. The van der Waals surface area contributed by atoms with Crippen molar-refractivity contribution in [2.24, 2.45) is 5.92 Å². The van der Waals surface area contributed by atoms with Crippen molar-refractivity contribution >= 4 is 5.91 Å². The van der Waals surface area contributed by atoms with Gasteiger partial charge in [0.2, 0.25) is 5.91 Å². The van der Waals surface area contributed by atoms with E-state index in [1.165, 1.54) is 44.1 Å². The van der Waals surface area contributed by atoms with Crippen LogP contribution < -0.4 is 15.4 Å². The highest BCUT2D eigenvalue weighted by atomic mass is 16.6. The number of fused-ring (bicyclic) bond motifs is 1. The molecule has 2 N–H and O–H groups in total. The van der Waals surface area contributed by atoms with E-state index in [0.717, 1.165) is 25.1 Å². The van der Waals surface area contributed by atoms with E-state index < -0.39 is 0 Å². The molecule has 2 saturated heterocycles. The van der Waals surface area contributed by atoms with Crippen molar-refractivity contribution in [2.45, 2.75) is 88.3 Å². The zero-order valence-electron chi connectivity index (χ0n) is 17.7. The quantitative estimate of drug-likeness (QED) is 0.672. The third-order valence-electron chi connectivity index (χ3n) is 6.90. The van der Waals surface area contributed by atoms with Gasteiger partial charge in [-0.15, -0.1) is 0 Å². The van der Waals surface area contributed by atoms with Gasteiger partial charge in [0, 0.05) is 12.5 Å². The minimum Gasteiger partial charge on any atom is -0.490 e. The molecule has 5 rings (SSSR count). The first-order valence-electron chi connectivity index (χ1n) is 11.8. The minimum atomic E-state index is -0.0462. The van der Waals surface area contributed by atoms with Gasteiger partial charge in [-0.1, -0.05) is 25.0 Å². The van der Waals surface area contributed by atoms with E-state index >= 15 is 0 Å². The minimum absolute atomic E-state index is 0.0000699. The highest BCUT2D eigenvalue weighted by Gasteiger charge is 2.48. The summed E-state index contributed by atoms with van der Waals surface area (Å²) in [5.74, 6) is 1.35. The molecule has 2 aliphatic heterocycles. The molecule has 1 aromatic rings. The molecule has 4 atom stereocenters. The molecule has 4 aliphatic rings. The molecule has 4 unspecified atom stereocenters. The maximum absolute atomic E-state index is 12.1. The van der Waals surface area contributed by atoms with E-state index in [4.69, 9.17) is 14.2 Å². The summed E-state index contributed by atoms with van der Waals surface area (Å²) in [5, 5.41) is 6.72. The molecule has 6 nitrogen and oxygen atoms in total. The molecule has 1 aromatic carbocycles. The summed E-state index contributed by atoms with van der Waals surface area (Å²) >= 11 is 0. The Bertz CT molecular complexity index is 730. The van der Waals surface area contributed by atoms with E-state index in [0.29, 0.717) is 19.3 Å². The van der Waals surface area contributed by atoms with E-state index in [-0.39, 0.29) is 36.1 Å². The Morgan fingerprint density at radius 1 is 0.967 bits per heavy atom. The summed E-state index contributed by atoms with van der Waals surface area (Å²) in [7, 11) is 0. The molecule has 1 amide bonds. The Kier molecular flexibility index (Phi) is 6.25. The van der Waals surface area contributed by atoms with Gasteiger partial charge in [-0.05, 0) is 56.2 Å². The Morgan fingerprint density at radius 3 is 2.47 bits per heavy atom. The maximum atomic E-state index is 12.1. The summed E-state index contributed by atoms with van der Waals surface area (Å²) in [5.41, 5.74) is 1.21. The summed E-state index contributed by atoms with van der Waals surface area (Å²) in [6.07, 6.45) is 9.90. The van der Waals surface area contributed by atoms with Crippen LogP contribution in [0.5, 0.6) is 5.75 Å². The number of hydrogen-bond donors (Lipinski definition) is 2. The number of hydrogen-bond acceptors (Lipinski definition) is 5. The van der Waals surface area contributed by atoms with Gasteiger partial charge in [-0.25, -0.2) is 0 Å². The van der Waals surface area contributed by atoms with Crippen molar-refractivity contribution in [1.82, 2.24) is 10.6 Å². The van der Waals surface area contributed by atoms with Crippen LogP contribution in [-0.4, -0.2) is 49.5 Å². The molecule has 0 bridgehead atoms. The SMILES string of the molecule is O=C(NC1COC2C(NCc3cccc(OC4CCCCCC4)c3)COC12)C1CC1. The van der Waals surface area contributed by atoms with Gasteiger partial charge in [0.15, 0.2) is 0 Å². The van der Waals surface area contributed by atoms with Gasteiger partial charge in [0.25, 0.3) is 0 Å². The maximum Gasteiger partial charge on any atom is 0.223 e. The number of nitrogens with one attached hydrogen (secondary N) is 2. The first kappa shape index (κ1) is 20.3. The summed E-state index contributed by atoms with van der Waals surface area (Å²) < 4.78 is 18.3. The van der Waals surface area contributed by atoms with Crippen LogP contribution >= 0.6 is 0 Å². The molecule has 2 heterocycles. The molecule has 30 heavy (non-hydrogen) atoms. The Labute approximate surface area is 179 Å². The van der Waals surface area contributed by atoms with Gasteiger partial charge in [0.05, 0.1) is 31.4 Å². The summed E-state index contributed by atoms with van der Waals surface area (Å²) in [6.45, 7) is 1.90. The lowest BCUT2D eigenvalue weighted by Gasteiger charge is -2.19. The third kappa shape index (κ3) is 4.82. The molecule has 2 aliphatic carbocycles. The zero-order chi connectivity index (χ0) is 20.3. The second-order valence-electron chi connectivity index (χ2n) is 9.35. The molecule has 0 radical (unpaired) electrons. The number of amides is 1. The average molecular weight is 415 g/mol. The second kappa shape index (κ2) is 9.25. The predicted molar refractivity (Wildman–Crippen MR) is 113 cm³/mol. The van der Waals surface area contributed by atoms with Crippen molar-refractivity contribution in [2.75, 3.05) is 13.2 Å². The van der Waals surface area contributed by atoms with Gasteiger partial charge in [-0.2, -0.15) is 0 Å². The van der Waals surface area contributed by atoms with Crippen LogP contribution in [0.15, 0.2) is 24.3 Å². The molecular weight excluding hydrogens is 380 g/mol. The van der Waals surface area contributed by atoms with Crippen LogP contribution in [0.2, 0.25) is 0 Å². The third-order valence-corrected chi connectivity index (χ3v) is 6.90. The average Bonchev–Trinajstić information content (AvgIpc) is 3.48. The first-order chi connectivity index (χ1) is 14.8. The van der Waals surface area contributed by atoms with Crippen LogP contribution in [0, 0.1) is 5.92 Å². The largest absolute Gasteiger partial charge is 0.490 e. The van der Waals surface area contributed by atoms with Crippen molar-refractivity contribution < 1.29 is 19.0 Å². The Morgan fingerprint density at radius 2 is 1.70 bits per heavy atom. The normalized spacial score (nSPS) is 31.9. The zero-order valence-corrected chi connectivity index (χ0v) is 17.7. The lowest BCUT2D eigenvalue weighted by atomic mass is 10.1. The van der Waals surface area contributed by atoms with Crippen LogP contribution in [-0.2, 0) is 20.8 Å². The van der Waals surface area contributed by atoms with E-state index in [1.54, 1.807) is 0 Å². The van der Waals surface area contributed by atoms with Crippen LogP contribution in [0.3, 0.4) is 0 Å². The Balaban J connectivity index is 1.12. The molecule has 6 heteroatoms. The van der Waals surface area contributed by atoms with Crippen LogP contribution in [0.1, 0.15) is 56.9 Å². The standard InChI is InChI=1S/C24H34N2O4/c27-24(17-10-11-17)26-21-15-29-22-20(14-28-23(21)22)25-13-16-6-5-9-19(12-16)30-18-7-3-1-2-4-8-18/h5-6,9,12,17-18,20-23,25H,1-4,7-8,10-11,13-15H2,(H,26,27). The molecule has 0 aromatic heterocycles. The fourth-order valence-corrected chi connectivity index (χ4v) is 4.97. The van der Waals surface area contributed by atoms with E-state index in [2.05, 4.69) is 34.9 Å². The lowest BCUT2D eigenvalue weighted by molar-refractivity contribution is -0.123. The number of benzene rings is 1.